The van der Waals surface area contributed by atoms with Gasteiger partial charge in [0.1, 0.15) is 0 Å². The summed E-state index contributed by atoms with van der Waals surface area (Å²) in [5, 5.41) is 3.64. The Morgan fingerprint density at radius 3 is 2.57 bits per heavy atom. The number of rotatable bonds is 4. The predicted molar refractivity (Wildman–Crippen MR) is 82.7 cm³/mol. The molecular weight excluding hydrogens is 262 g/mol. The van der Waals surface area contributed by atoms with E-state index in [0.29, 0.717) is 24.4 Å². The van der Waals surface area contributed by atoms with Crippen molar-refractivity contribution < 1.29 is 4.79 Å². The molecular formula is C17H25N3O. The van der Waals surface area contributed by atoms with Gasteiger partial charge in [0.25, 0.3) is 0 Å². The lowest BCUT2D eigenvalue weighted by Gasteiger charge is -2.31. The summed E-state index contributed by atoms with van der Waals surface area (Å²) in [5.41, 5.74) is 1.14. The summed E-state index contributed by atoms with van der Waals surface area (Å²) in [5.74, 6) is 0.828. The average Bonchev–Trinajstić information content (AvgIpc) is 2.85. The molecule has 2 aliphatic rings. The molecule has 3 atom stereocenters. The summed E-state index contributed by atoms with van der Waals surface area (Å²) in [4.78, 5) is 18.5. The largest absolute Gasteiger partial charge is 0.339 e. The molecule has 3 heterocycles. The highest BCUT2D eigenvalue weighted by atomic mass is 16.2. The second kappa shape index (κ2) is 6.14. The van der Waals surface area contributed by atoms with Crippen LogP contribution in [0.1, 0.15) is 50.6 Å². The molecule has 0 radical (unpaired) electrons. The molecule has 2 aliphatic heterocycles. The van der Waals surface area contributed by atoms with Gasteiger partial charge in [-0.25, -0.2) is 0 Å². The molecule has 1 N–H and O–H groups in total. The number of nitrogens with one attached hydrogen (secondary N) is 1. The van der Waals surface area contributed by atoms with Crippen LogP contribution in [0.5, 0.6) is 0 Å². The van der Waals surface area contributed by atoms with E-state index in [4.69, 9.17) is 0 Å². The number of piperidine rings is 1. The normalized spacial score (nSPS) is 29.1. The lowest BCUT2D eigenvalue weighted by Crippen LogP contribution is -2.40. The Labute approximate surface area is 126 Å². The Kier molecular flexibility index (Phi) is 4.24. The molecule has 0 aliphatic carbocycles. The quantitative estimate of drug-likeness (QED) is 0.925. The van der Waals surface area contributed by atoms with Crippen molar-refractivity contribution in [2.24, 2.45) is 5.92 Å². The molecule has 1 aromatic heterocycles. The zero-order chi connectivity index (χ0) is 14.8. The number of carbonyl (C=O) groups excluding carboxylic acids is 1. The van der Waals surface area contributed by atoms with Gasteiger partial charge >= 0.3 is 0 Å². The SMILES string of the molecule is CC(c1ccncc1)N(C)C(=O)CC1CC2CCC(C1)N2. The van der Waals surface area contributed by atoms with E-state index in [0.717, 1.165) is 5.56 Å². The highest BCUT2D eigenvalue weighted by Crippen LogP contribution is 2.33. The number of carbonyl (C=O) groups is 1. The lowest BCUT2D eigenvalue weighted by atomic mass is 9.89. The maximum Gasteiger partial charge on any atom is 0.223 e. The van der Waals surface area contributed by atoms with Crippen LogP contribution in [0.4, 0.5) is 0 Å². The van der Waals surface area contributed by atoms with Crippen LogP contribution >= 0.6 is 0 Å². The first kappa shape index (κ1) is 14.5. The molecule has 3 rings (SSSR count). The Hall–Kier alpha value is -1.42. The minimum Gasteiger partial charge on any atom is -0.339 e. The number of aromatic nitrogens is 1. The molecule has 2 bridgehead atoms. The molecule has 0 saturated carbocycles. The highest BCUT2D eigenvalue weighted by molar-refractivity contribution is 5.76. The minimum absolute atomic E-state index is 0.110. The van der Waals surface area contributed by atoms with E-state index in [-0.39, 0.29) is 11.9 Å². The highest BCUT2D eigenvalue weighted by Gasteiger charge is 2.34. The van der Waals surface area contributed by atoms with Crippen LogP contribution in [-0.4, -0.2) is 34.9 Å². The zero-order valence-corrected chi connectivity index (χ0v) is 13.0. The monoisotopic (exact) mass is 287 g/mol. The number of pyridine rings is 1. The molecule has 114 valence electrons. The summed E-state index contributed by atoms with van der Waals surface area (Å²) < 4.78 is 0. The summed E-state index contributed by atoms with van der Waals surface area (Å²) in [6.07, 6.45) is 9.18. The first-order valence-electron chi connectivity index (χ1n) is 8.05. The second-order valence-electron chi connectivity index (χ2n) is 6.64. The molecule has 21 heavy (non-hydrogen) atoms. The molecule has 1 amide bonds. The third-order valence-corrected chi connectivity index (χ3v) is 5.20. The third-order valence-electron chi connectivity index (χ3n) is 5.20. The molecule has 4 heteroatoms. The Morgan fingerprint density at radius 1 is 1.33 bits per heavy atom. The van der Waals surface area contributed by atoms with Crippen molar-refractivity contribution in [3.05, 3.63) is 30.1 Å². The van der Waals surface area contributed by atoms with Crippen LogP contribution in [0.3, 0.4) is 0 Å². The van der Waals surface area contributed by atoms with Gasteiger partial charge in [0.05, 0.1) is 6.04 Å². The summed E-state index contributed by atoms with van der Waals surface area (Å²) in [6, 6.07) is 5.39. The van der Waals surface area contributed by atoms with E-state index in [1.54, 1.807) is 12.4 Å². The van der Waals surface area contributed by atoms with Crippen LogP contribution in [0.25, 0.3) is 0 Å². The van der Waals surface area contributed by atoms with E-state index in [9.17, 15) is 4.79 Å². The molecule has 3 unspecified atom stereocenters. The first-order chi connectivity index (χ1) is 10.1. The fourth-order valence-electron chi connectivity index (χ4n) is 3.81. The minimum atomic E-state index is 0.110. The van der Waals surface area contributed by atoms with Gasteiger partial charge in [-0.2, -0.15) is 0 Å². The standard InChI is InChI=1S/C17H25N3O/c1-12(14-5-7-18-8-6-14)20(2)17(21)11-13-9-15-3-4-16(10-13)19-15/h5-8,12-13,15-16,19H,3-4,9-11H2,1-2H3. The maximum atomic E-state index is 12.5. The number of fused-ring (bicyclic) bond motifs is 2. The number of nitrogens with zero attached hydrogens (tertiary/aromatic N) is 2. The molecule has 4 nitrogen and oxygen atoms in total. The Balaban J connectivity index is 1.57. The van der Waals surface area contributed by atoms with Crippen LogP contribution in [-0.2, 0) is 4.79 Å². The first-order valence-corrected chi connectivity index (χ1v) is 8.05. The van der Waals surface area contributed by atoms with E-state index >= 15 is 0 Å². The van der Waals surface area contributed by atoms with E-state index in [1.165, 1.54) is 25.7 Å². The van der Waals surface area contributed by atoms with Crippen LogP contribution in [0.2, 0.25) is 0 Å². The third kappa shape index (κ3) is 3.26. The zero-order valence-electron chi connectivity index (χ0n) is 13.0. The molecule has 1 aromatic rings. The molecule has 0 aromatic carbocycles. The second-order valence-corrected chi connectivity index (χ2v) is 6.64. The van der Waals surface area contributed by atoms with Crippen molar-refractivity contribution in [3.8, 4) is 0 Å². The van der Waals surface area contributed by atoms with Gasteiger partial charge in [0.2, 0.25) is 5.91 Å². The average molecular weight is 287 g/mol. The van der Waals surface area contributed by atoms with Gasteiger partial charge in [-0.3, -0.25) is 9.78 Å². The van der Waals surface area contributed by atoms with Gasteiger partial charge in [0, 0.05) is 37.9 Å². The predicted octanol–water partition coefficient (Wildman–Crippen LogP) is 2.52. The van der Waals surface area contributed by atoms with Crippen molar-refractivity contribution in [1.29, 1.82) is 0 Å². The van der Waals surface area contributed by atoms with E-state index in [1.807, 2.05) is 24.1 Å². The number of hydrogen-bond acceptors (Lipinski definition) is 3. The summed E-state index contributed by atoms with van der Waals surface area (Å²) in [6.45, 7) is 2.08. The summed E-state index contributed by atoms with van der Waals surface area (Å²) >= 11 is 0. The summed E-state index contributed by atoms with van der Waals surface area (Å²) in [7, 11) is 1.92. The topological polar surface area (TPSA) is 45.2 Å². The van der Waals surface area contributed by atoms with Crippen LogP contribution < -0.4 is 5.32 Å². The van der Waals surface area contributed by atoms with Crippen molar-refractivity contribution in [3.63, 3.8) is 0 Å². The molecule has 0 spiro atoms. The lowest BCUT2D eigenvalue weighted by molar-refractivity contribution is -0.133. The number of hydrogen-bond donors (Lipinski definition) is 1. The fraction of sp³-hybridized carbons (Fsp3) is 0.647. The van der Waals surface area contributed by atoms with Gasteiger partial charge in [-0.05, 0) is 56.2 Å². The van der Waals surface area contributed by atoms with Crippen molar-refractivity contribution >= 4 is 5.91 Å². The van der Waals surface area contributed by atoms with Crippen molar-refractivity contribution in [2.45, 2.75) is 57.2 Å². The van der Waals surface area contributed by atoms with Crippen molar-refractivity contribution in [1.82, 2.24) is 15.2 Å². The number of amides is 1. The van der Waals surface area contributed by atoms with Gasteiger partial charge in [-0.1, -0.05) is 0 Å². The Morgan fingerprint density at radius 2 is 1.95 bits per heavy atom. The van der Waals surface area contributed by atoms with Gasteiger partial charge < -0.3 is 10.2 Å². The van der Waals surface area contributed by atoms with Gasteiger partial charge in [0.15, 0.2) is 0 Å². The molecule has 2 saturated heterocycles. The van der Waals surface area contributed by atoms with Gasteiger partial charge in [-0.15, -0.1) is 0 Å². The van der Waals surface area contributed by atoms with Crippen LogP contribution in [0.15, 0.2) is 24.5 Å². The van der Waals surface area contributed by atoms with Crippen molar-refractivity contribution in [2.75, 3.05) is 7.05 Å². The molecule has 2 fully saturated rings. The smallest absolute Gasteiger partial charge is 0.223 e. The fourth-order valence-corrected chi connectivity index (χ4v) is 3.81. The van der Waals surface area contributed by atoms with E-state index < -0.39 is 0 Å². The van der Waals surface area contributed by atoms with E-state index in [2.05, 4.69) is 17.2 Å². The Bertz CT molecular complexity index is 478. The van der Waals surface area contributed by atoms with Crippen LogP contribution in [0, 0.1) is 5.92 Å². The maximum absolute atomic E-state index is 12.5.